The Bertz CT molecular complexity index is 660. The van der Waals surface area contributed by atoms with Crippen molar-refractivity contribution >= 4 is 0 Å². The fourth-order valence-electron chi connectivity index (χ4n) is 3.20. The highest BCUT2D eigenvalue weighted by Gasteiger charge is 2.24. The Kier molecular flexibility index (Phi) is 3.64. The van der Waals surface area contributed by atoms with Crippen molar-refractivity contribution in [2.45, 2.75) is 32.3 Å². The smallest absolute Gasteiger partial charge is 0.162 e. The van der Waals surface area contributed by atoms with Crippen molar-refractivity contribution < 1.29 is 14.6 Å². The van der Waals surface area contributed by atoms with E-state index in [1.807, 2.05) is 18.2 Å². The Morgan fingerprint density at radius 3 is 2.62 bits per heavy atom. The number of aliphatic hydroxyl groups excluding tert-OH is 1. The maximum Gasteiger partial charge on any atom is 0.162 e. The van der Waals surface area contributed by atoms with Crippen LogP contribution in [0.3, 0.4) is 0 Å². The summed E-state index contributed by atoms with van der Waals surface area (Å²) in [5.41, 5.74) is 4.45. The molecule has 112 valence electrons. The molecule has 0 amide bonds. The van der Waals surface area contributed by atoms with Crippen LogP contribution in [0.4, 0.5) is 0 Å². The first kappa shape index (κ1) is 14.0. The Morgan fingerprint density at radius 2 is 1.90 bits per heavy atom. The van der Waals surface area contributed by atoms with Crippen molar-refractivity contribution in [2.75, 3.05) is 14.2 Å². The van der Waals surface area contributed by atoms with Gasteiger partial charge in [0.1, 0.15) is 0 Å². The van der Waals surface area contributed by atoms with Gasteiger partial charge < -0.3 is 19.1 Å². The van der Waals surface area contributed by atoms with E-state index in [9.17, 15) is 5.11 Å². The molecule has 21 heavy (non-hydrogen) atoms. The second kappa shape index (κ2) is 5.45. The zero-order valence-electron chi connectivity index (χ0n) is 12.7. The molecule has 0 bridgehead atoms. The number of rotatable bonds is 3. The standard InChI is InChI=1S/C17H21NO3/c1-11-9-13-14(5-4-6-15(13)19)18(11)12-7-8-16(20-2)17(10-12)21-3/h7-10,15,19H,4-6H2,1-3H3. The lowest BCUT2D eigenvalue weighted by atomic mass is 9.95. The van der Waals surface area contributed by atoms with Gasteiger partial charge in [0, 0.05) is 28.7 Å². The normalized spacial score (nSPS) is 17.4. The van der Waals surface area contributed by atoms with E-state index < -0.39 is 0 Å². The molecule has 1 heterocycles. The molecule has 0 spiro atoms. The average Bonchev–Trinajstić information content (AvgIpc) is 2.84. The van der Waals surface area contributed by atoms with Gasteiger partial charge in [0.15, 0.2) is 11.5 Å². The highest BCUT2D eigenvalue weighted by molar-refractivity contribution is 5.52. The molecule has 0 fully saturated rings. The number of hydrogen-bond donors (Lipinski definition) is 1. The van der Waals surface area contributed by atoms with Gasteiger partial charge in [-0.05, 0) is 44.4 Å². The number of hydrogen-bond acceptors (Lipinski definition) is 3. The molecule has 1 aromatic carbocycles. The number of benzene rings is 1. The minimum Gasteiger partial charge on any atom is -0.493 e. The monoisotopic (exact) mass is 287 g/mol. The summed E-state index contributed by atoms with van der Waals surface area (Å²) in [5.74, 6) is 1.44. The predicted octanol–water partition coefficient (Wildman–Crippen LogP) is 3.17. The van der Waals surface area contributed by atoms with Crippen LogP contribution >= 0.6 is 0 Å². The lowest BCUT2D eigenvalue weighted by molar-refractivity contribution is 0.156. The van der Waals surface area contributed by atoms with E-state index >= 15 is 0 Å². The quantitative estimate of drug-likeness (QED) is 0.943. The molecule has 3 rings (SSSR count). The van der Waals surface area contributed by atoms with Crippen molar-refractivity contribution in [3.8, 4) is 17.2 Å². The molecular weight excluding hydrogens is 266 g/mol. The second-order valence-electron chi connectivity index (χ2n) is 5.47. The van der Waals surface area contributed by atoms with E-state index in [2.05, 4.69) is 17.6 Å². The first-order chi connectivity index (χ1) is 10.2. The molecule has 1 aliphatic carbocycles. The highest BCUT2D eigenvalue weighted by atomic mass is 16.5. The SMILES string of the molecule is COc1ccc(-n2c(C)cc3c2CCCC3O)cc1OC. The third-order valence-electron chi connectivity index (χ3n) is 4.20. The third kappa shape index (κ3) is 2.29. The van der Waals surface area contributed by atoms with Gasteiger partial charge in [-0.25, -0.2) is 0 Å². The van der Waals surface area contributed by atoms with E-state index in [0.29, 0.717) is 5.75 Å². The molecule has 1 aliphatic rings. The van der Waals surface area contributed by atoms with Gasteiger partial charge in [-0.3, -0.25) is 0 Å². The van der Waals surface area contributed by atoms with Crippen molar-refractivity contribution in [1.29, 1.82) is 0 Å². The molecule has 0 saturated heterocycles. The molecule has 1 unspecified atom stereocenters. The Balaban J connectivity index is 2.13. The van der Waals surface area contributed by atoms with E-state index in [-0.39, 0.29) is 6.10 Å². The lowest BCUT2D eigenvalue weighted by Gasteiger charge is -2.21. The van der Waals surface area contributed by atoms with Crippen molar-refractivity contribution in [3.63, 3.8) is 0 Å². The zero-order valence-corrected chi connectivity index (χ0v) is 12.7. The fourth-order valence-corrected chi connectivity index (χ4v) is 3.20. The van der Waals surface area contributed by atoms with Crippen LogP contribution in [0, 0.1) is 6.92 Å². The van der Waals surface area contributed by atoms with Crippen LogP contribution in [0.5, 0.6) is 11.5 Å². The highest BCUT2D eigenvalue weighted by Crippen LogP contribution is 2.36. The van der Waals surface area contributed by atoms with Crippen LogP contribution in [0.15, 0.2) is 24.3 Å². The molecule has 0 radical (unpaired) electrons. The summed E-state index contributed by atoms with van der Waals surface area (Å²) in [6.07, 6.45) is 2.52. The van der Waals surface area contributed by atoms with E-state index in [1.165, 1.54) is 5.69 Å². The number of aromatic nitrogens is 1. The largest absolute Gasteiger partial charge is 0.493 e. The van der Waals surface area contributed by atoms with E-state index in [1.54, 1.807) is 14.2 Å². The summed E-state index contributed by atoms with van der Waals surface area (Å²) >= 11 is 0. The zero-order chi connectivity index (χ0) is 15.0. The molecule has 4 heteroatoms. The van der Waals surface area contributed by atoms with Gasteiger partial charge in [-0.2, -0.15) is 0 Å². The van der Waals surface area contributed by atoms with Crippen LogP contribution in [0.2, 0.25) is 0 Å². The van der Waals surface area contributed by atoms with Crippen LogP contribution in [-0.2, 0) is 6.42 Å². The molecule has 1 aromatic heterocycles. The molecule has 2 aromatic rings. The fraction of sp³-hybridized carbons (Fsp3) is 0.412. The number of ether oxygens (including phenoxy) is 2. The van der Waals surface area contributed by atoms with Gasteiger partial charge in [0.05, 0.1) is 20.3 Å². The molecule has 4 nitrogen and oxygen atoms in total. The predicted molar refractivity (Wildman–Crippen MR) is 81.5 cm³/mol. The van der Waals surface area contributed by atoms with Crippen LogP contribution in [-0.4, -0.2) is 23.9 Å². The van der Waals surface area contributed by atoms with Crippen LogP contribution in [0.1, 0.15) is 35.9 Å². The minimum absolute atomic E-state index is 0.339. The van der Waals surface area contributed by atoms with Crippen LogP contribution in [0.25, 0.3) is 5.69 Å². The summed E-state index contributed by atoms with van der Waals surface area (Å²) in [7, 11) is 3.28. The number of nitrogens with zero attached hydrogens (tertiary/aromatic N) is 1. The molecule has 1 atom stereocenters. The summed E-state index contributed by atoms with van der Waals surface area (Å²) in [4.78, 5) is 0. The van der Waals surface area contributed by atoms with E-state index in [0.717, 1.165) is 42.0 Å². The summed E-state index contributed by atoms with van der Waals surface area (Å²) < 4.78 is 12.9. The van der Waals surface area contributed by atoms with Crippen molar-refractivity contribution in [2.24, 2.45) is 0 Å². The first-order valence-electron chi connectivity index (χ1n) is 7.27. The van der Waals surface area contributed by atoms with Gasteiger partial charge >= 0.3 is 0 Å². The van der Waals surface area contributed by atoms with Crippen LogP contribution < -0.4 is 9.47 Å². The van der Waals surface area contributed by atoms with Gasteiger partial charge in [0.25, 0.3) is 0 Å². The van der Waals surface area contributed by atoms with Gasteiger partial charge in [-0.1, -0.05) is 0 Å². The maximum atomic E-state index is 10.2. The molecule has 0 saturated carbocycles. The lowest BCUT2D eigenvalue weighted by Crippen LogP contribution is -2.11. The third-order valence-corrected chi connectivity index (χ3v) is 4.20. The summed E-state index contributed by atoms with van der Waals surface area (Å²) in [5, 5.41) is 10.2. The summed E-state index contributed by atoms with van der Waals surface area (Å²) in [6, 6.07) is 8.01. The molecule has 0 aliphatic heterocycles. The number of aliphatic hydroxyl groups is 1. The number of aryl methyl sites for hydroxylation is 1. The van der Waals surface area contributed by atoms with E-state index in [4.69, 9.17) is 9.47 Å². The Morgan fingerprint density at radius 1 is 1.14 bits per heavy atom. The van der Waals surface area contributed by atoms with Crippen molar-refractivity contribution in [1.82, 2.24) is 4.57 Å². The maximum absolute atomic E-state index is 10.2. The summed E-state index contributed by atoms with van der Waals surface area (Å²) in [6.45, 7) is 2.07. The molecule has 1 N–H and O–H groups in total. The molecular formula is C17H21NO3. The average molecular weight is 287 g/mol. The van der Waals surface area contributed by atoms with Gasteiger partial charge in [-0.15, -0.1) is 0 Å². The van der Waals surface area contributed by atoms with Crippen molar-refractivity contribution in [3.05, 3.63) is 41.2 Å². The van der Waals surface area contributed by atoms with Gasteiger partial charge in [0.2, 0.25) is 0 Å². The number of methoxy groups -OCH3 is 2. The topological polar surface area (TPSA) is 43.6 Å². The minimum atomic E-state index is -0.339. The Hall–Kier alpha value is -1.94. The Labute approximate surface area is 124 Å². The second-order valence-corrected chi connectivity index (χ2v) is 5.47. The first-order valence-corrected chi connectivity index (χ1v) is 7.27. The number of fused-ring (bicyclic) bond motifs is 1.